The Balaban J connectivity index is 1.53. The first kappa shape index (κ1) is 30.7. The molecule has 1 aliphatic carbocycles. The van der Waals surface area contributed by atoms with Crippen molar-refractivity contribution in [2.45, 2.75) is 32.7 Å². The number of carbonyl (C=O) groups excluding carboxylic acids is 2. The minimum Gasteiger partial charge on any atom is -0.384 e. The number of nitrogens with zero attached hydrogens (tertiary/aromatic N) is 1. The molecule has 0 atom stereocenters. The zero-order chi connectivity index (χ0) is 30.2. The van der Waals surface area contributed by atoms with Crippen LogP contribution in [0.1, 0.15) is 48.2 Å². The quantitative estimate of drug-likeness (QED) is 0.209. The molecule has 1 amide bonds. The second kappa shape index (κ2) is 14.1. The van der Waals surface area contributed by atoms with E-state index in [0.29, 0.717) is 5.56 Å². The van der Waals surface area contributed by atoms with Crippen molar-refractivity contribution < 1.29 is 27.2 Å². The van der Waals surface area contributed by atoms with Gasteiger partial charge >= 0.3 is 0 Å². The van der Waals surface area contributed by atoms with Crippen LogP contribution in [-0.2, 0) is 4.79 Å². The van der Waals surface area contributed by atoms with Crippen molar-refractivity contribution in [2.24, 2.45) is 0 Å². The van der Waals surface area contributed by atoms with Gasteiger partial charge in [-0.05, 0) is 97.7 Å². The lowest BCUT2D eigenvalue weighted by Gasteiger charge is -2.27. The number of hydrogen-bond donors (Lipinski definition) is 2. The molecule has 0 radical (unpaired) electrons. The molecule has 42 heavy (non-hydrogen) atoms. The van der Waals surface area contributed by atoms with Crippen molar-refractivity contribution in [3.05, 3.63) is 112 Å². The predicted octanol–water partition coefficient (Wildman–Crippen LogP) is 6.63. The van der Waals surface area contributed by atoms with Crippen LogP contribution in [0.4, 0.5) is 23.2 Å². The summed E-state index contributed by atoms with van der Waals surface area (Å²) in [7, 11) is 0. The molecule has 0 saturated heterocycles. The van der Waals surface area contributed by atoms with E-state index in [2.05, 4.69) is 29.4 Å². The van der Waals surface area contributed by atoms with E-state index in [-0.39, 0.29) is 46.8 Å². The molecular weight excluding hydrogens is 546 g/mol. The van der Waals surface area contributed by atoms with Crippen LogP contribution in [0.15, 0.2) is 71.8 Å². The number of anilines is 1. The first-order valence-corrected chi connectivity index (χ1v) is 13.9. The lowest BCUT2D eigenvalue weighted by Crippen LogP contribution is -2.39. The second-order valence-corrected chi connectivity index (χ2v) is 10.1. The van der Waals surface area contributed by atoms with Crippen LogP contribution in [0.5, 0.6) is 0 Å². The Hall–Kier alpha value is -4.24. The van der Waals surface area contributed by atoms with Gasteiger partial charge in [0.1, 0.15) is 0 Å². The molecule has 0 aromatic heterocycles. The van der Waals surface area contributed by atoms with Gasteiger partial charge in [-0.2, -0.15) is 0 Å². The van der Waals surface area contributed by atoms with Crippen LogP contribution >= 0.6 is 0 Å². The monoisotopic (exact) mass is 579 g/mol. The van der Waals surface area contributed by atoms with Crippen molar-refractivity contribution >= 4 is 29.5 Å². The normalized spacial score (nSPS) is 17.2. The van der Waals surface area contributed by atoms with Crippen LogP contribution < -0.4 is 10.6 Å². The number of benzene rings is 3. The highest BCUT2D eigenvalue weighted by atomic mass is 19.2. The summed E-state index contributed by atoms with van der Waals surface area (Å²) in [6, 6.07) is 13.1. The molecule has 1 fully saturated rings. The molecule has 0 unspecified atom stereocenters. The fourth-order valence-electron chi connectivity index (χ4n) is 4.86. The maximum Gasteiger partial charge on any atom is 0.251 e. The highest BCUT2D eigenvalue weighted by Crippen LogP contribution is 2.29. The van der Waals surface area contributed by atoms with E-state index in [4.69, 9.17) is 0 Å². The Morgan fingerprint density at radius 2 is 1.33 bits per heavy atom. The smallest absolute Gasteiger partial charge is 0.251 e. The van der Waals surface area contributed by atoms with Gasteiger partial charge in [-0.3, -0.25) is 9.59 Å². The second-order valence-electron chi connectivity index (χ2n) is 10.1. The molecule has 0 spiro atoms. The molecule has 3 aromatic rings. The van der Waals surface area contributed by atoms with Gasteiger partial charge in [-0.1, -0.05) is 26.0 Å². The molecule has 2 N–H and O–H groups in total. The number of ketones is 1. The standard InChI is InChI=1S/C33H33F4N3O2/c1-3-40(4-2)14-13-38-26-9-7-23(8-10-26)33(42)39-27-19-24(15-21-5-11-28(34)30(36)17-21)32(41)25(20-27)16-22-6-12-29(35)31(37)18-22/h5-12,15-18,27,38H,3-4,13-14,19-20H2,1-2H3,(H,39,42)/b24-15+,25-16+. The van der Waals surface area contributed by atoms with E-state index in [9.17, 15) is 27.2 Å². The molecular formula is C33H33F4N3O2. The van der Waals surface area contributed by atoms with E-state index >= 15 is 0 Å². The first-order valence-electron chi connectivity index (χ1n) is 13.9. The summed E-state index contributed by atoms with van der Waals surface area (Å²) >= 11 is 0. The molecule has 9 heteroatoms. The lowest BCUT2D eigenvalue weighted by atomic mass is 9.83. The van der Waals surface area contributed by atoms with Crippen molar-refractivity contribution in [1.29, 1.82) is 0 Å². The Morgan fingerprint density at radius 3 is 1.81 bits per heavy atom. The van der Waals surface area contributed by atoms with Crippen LogP contribution in [0.3, 0.4) is 0 Å². The number of Topliss-reactive ketones (excluding diaryl/α,β-unsaturated/α-hetero) is 1. The van der Waals surface area contributed by atoms with Gasteiger partial charge < -0.3 is 15.5 Å². The third-order valence-electron chi connectivity index (χ3n) is 7.22. The molecule has 220 valence electrons. The molecule has 5 nitrogen and oxygen atoms in total. The van der Waals surface area contributed by atoms with Crippen LogP contribution in [0.2, 0.25) is 0 Å². The lowest BCUT2D eigenvalue weighted by molar-refractivity contribution is -0.113. The fraction of sp³-hybridized carbons (Fsp3) is 0.273. The summed E-state index contributed by atoms with van der Waals surface area (Å²) in [6.07, 6.45) is 3.18. The van der Waals surface area contributed by atoms with Crippen molar-refractivity contribution in [1.82, 2.24) is 10.2 Å². The van der Waals surface area contributed by atoms with Crippen LogP contribution in [-0.4, -0.2) is 48.8 Å². The van der Waals surface area contributed by atoms with E-state index in [1.54, 1.807) is 12.1 Å². The highest BCUT2D eigenvalue weighted by Gasteiger charge is 2.29. The Labute approximate surface area is 242 Å². The Kier molecular flexibility index (Phi) is 10.3. The van der Waals surface area contributed by atoms with Gasteiger partial charge in [0.05, 0.1) is 0 Å². The zero-order valence-electron chi connectivity index (χ0n) is 23.5. The summed E-state index contributed by atoms with van der Waals surface area (Å²) in [4.78, 5) is 28.8. The number of nitrogens with one attached hydrogen (secondary N) is 2. The average molecular weight is 580 g/mol. The topological polar surface area (TPSA) is 61.4 Å². The van der Waals surface area contributed by atoms with Crippen molar-refractivity contribution in [3.63, 3.8) is 0 Å². The van der Waals surface area contributed by atoms with Gasteiger partial charge in [-0.25, -0.2) is 17.6 Å². The molecule has 1 saturated carbocycles. The third kappa shape index (κ3) is 7.94. The SMILES string of the molecule is CCN(CC)CCNc1ccc(C(=O)NC2C/C(=C\c3ccc(F)c(F)c3)C(=O)/C(=C/c3ccc(F)c(F)c3)C2)cc1. The zero-order valence-corrected chi connectivity index (χ0v) is 23.5. The summed E-state index contributed by atoms with van der Waals surface area (Å²) < 4.78 is 54.6. The molecule has 0 aliphatic heterocycles. The van der Waals surface area contributed by atoms with Crippen molar-refractivity contribution in [3.8, 4) is 0 Å². The molecule has 0 heterocycles. The first-order chi connectivity index (χ1) is 20.2. The van der Waals surface area contributed by atoms with E-state index in [1.165, 1.54) is 24.3 Å². The van der Waals surface area contributed by atoms with Crippen LogP contribution in [0, 0.1) is 23.3 Å². The summed E-state index contributed by atoms with van der Waals surface area (Å²) in [5.74, 6) is -4.86. The number of halogens is 4. The van der Waals surface area contributed by atoms with Gasteiger partial charge in [0.25, 0.3) is 5.91 Å². The minimum atomic E-state index is -1.05. The van der Waals surface area contributed by atoms with E-state index in [1.807, 2.05) is 12.1 Å². The number of rotatable bonds is 10. The number of hydrogen-bond acceptors (Lipinski definition) is 4. The van der Waals surface area contributed by atoms with Crippen molar-refractivity contribution in [2.75, 3.05) is 31.5 Å². The van der Waals surface area contributed by atoms with E-state index < -0.39 is 29.3 Å². The van der Waals surface area contributed by atoms with Gasteiger partial charge in [0.15, 0.2) is 29.1 Å². The summed E-state index contributed by atoms with van der Waals surface area (Å²) in [6.45, 7) is 7.84. The van der Waals surface area contributed by atoms with Gasteiger partial charge in [-0.15, -0.1) is 0 Å². The summed E-state index contributed by atoms with van der Waals surface area (Å²) in [5.41, 5.74) is 2.40. The molecule has 0 bridgehead atoms. The van der Waals surface area contributed by atoms with Gasteiger partial charge in [0, 0.05) is 41.5 Å². The minimum absolute atomic E-state index is 0.143. The maximum absolute atomic E-state index is 13.8. The number of amides is 1. The Bertz CT molecular complexity index is 1420. The maximum atomic E-state index is 13.8. The average Bonchev–Trinajstić information content (AvgIpc) is 2.97. The predicted molar refractivity (Wildman–Crippen MR) is 157 cm³/mol. The molecule has 3 aromatic carbocycles. The number of carbonyl (C=O) groups is 2. The fourth-order valence-corrected chi connectivity index (χ4v) is 4.86. The largest absolute Gasteiger partial charge is 0.384 e. The van der Waals surface area contributed by atoms with Crippen LogP contribution in [0.25, 0.3) is 12.2 Å². The highest BCUT2D eigenvalue weighted by molar-refractivity contribution is 6.14. The van der Waals surface area contributed by atoms with Gasteiger partial charge in [0.2, 0.25) is 0 Å². The summed E-state index contributed by atoms with van der Waals surface area (Å²) in [5, 5.41) is 6.30. The molecule has 1 aliphatic rings. The molecule has 4 rings (SSSR count). The van der Waals surface area contributed by atoms with E-state index in [0.717, 1.165) is 56.1 Å². The third-order valence-corrected chi connectivity index (χ3v) is 7.22. The number of likely N-dealkylation sites (N-methyl/N-ethyl adjacent to an activating group) is 1. The Morgan fingerprint density at radius 1 is 0.810 bits per heavy atom.